The summed E-state index contributed by atoms with van der Waals surface area (Å²) < 4.78 is 26.8. The van der Waals surface area contributed by atoms with Gasteiger partial charge in [-0.05, 0) is 27.3 Å². The Labute approximate surface area is 106 Å². The van der Waals surface area contributed by atoms with Gasteiger partial charge in [0.25, 0.3) is 5.92 Å². The summed E-state index contributed by atoms with van der Waals surface area (Å²) in [7, 11) is 1.60. The van der Waals surface area contributed by atoms with E-state index in [0.29, 0.717) is 6.42 Å². The number of halogens is 2. The standard InChI is InChI=1S/C9H18F2N2.2C2H6/c1-7(2)13-5-4-8(12-3)9(10,11)6-13;2*1-2/h7-8,12H,4-6H2,1-3H3;2*1-2H3. The summed E-state index contributed by atoms with van der Waals surface area (Å²) >= 11 is 0. The fourth-order valence-electron chi connectivity index (χ4n) is 1.76. The predicted molar refractivity (Wildman–Crippen MR) is 71.8 cm³/mol. The number of hydrogen-bond acceptors (Lipinski definition) is 2. The van der Waals surface area contributed by atoms with E-state index in [1.165, 1.54) is 0 Å². The number of rotatable bonds is 2. The molecule has 0 aromatic rings. The monoisotopic (exact) mass is 252 g/mol. The second-order valence-corrected chi connectivity index (χ2v) is 3.96. The first-order valence-electron chi connectivity index (χ1n) is 6.76. The summed E-state index contributed by atoms with van der Waals surface area (Å²) in [5.74, 6) is -2.59. The molecular formula is C13H30F2N2. The Kier molecular flexibility index (Phi) is 11.0. The zero-order chi connectivity index (χ0) is 14.1. The molecule has 0 aromatic carbocycles. The lowest BCUT2D eigenvalue weighted by atomic mass is 10.00. The first-order chi connectivity index (χ1) is 7.97. The number of piperidine rings is 1. The van der Waals surface area contributed by atoms with E-state index < -0.39 is 12.0 Å². The topological polar surface area (TPSA) is 15.3 Å². The molecule has 1 aliphatic heterocycles. The minimum atomic E-state index is -2.59. The van der Waals surface area contributed by atoms with Crippen LogP contribution in [0.3, 0.4) is 0 Å². The summed E-state index contributed by atoms with van der Waals surface area (Å²) in [5.41, 5.74) is 0. The van der Waals surface area contributed by atoms with Crippen LogP contribution >= 0.6 is 0 Å². The summed E-state index contributed by atoms with van der Waals surface area (Å²) in [4.78, 5) is 1.83. The zero-order valence-corrected chi connectivity index (χ0v) is 12.5. The van der Waals surface area contributed by atoms with Crippen LogP contribution < -0.4 is 5.32 Å². The maximum atomic E-state index is 13.4. The van der Waals surface area contributed by atoms with Crippen molar-refractivity contribution in [1.82, 2.24) is 10.2 Å². The van der Waals surface area contributed by atoms with Crippen molar-refractivity contribution >= 4 is 0 Å². The average molecular weight is 252 g/mol. The van der Waals surface area contributed by atoms with Crippen LogP contribution in [0.25, 0.3) is 0 Å². The van der Waals surface area contributed by atoms with Gasteiger partial charge >= 0.3 is 0 Å². The molecule has 1 unspecified atom stereocenters. The zero-order valence-electron chi connectivity index (χ0n) is 12.5. The second-order valence-electron chi connectivity index (χ2n) is 3.96. The number of nitrogens with zero attached hydrogens (tertiary/aromatic N) is 1. The van der Waals surface area contributed by atoms with E-state index in [1.807, 2.05) is 46.4 Å². The molecule has 1 saturated heterocycles. The molecule has 0 radical (unpaired) electrons. The van der Waals surface area contributed by atoms with Crippen molar-refractivity contribution in [2.75, 3.05) is 20.1 Å². The van der Waals surface area contributed by atoms with Gasteiger partial charge in [0.05, 0.1) is 12.6 Å². The molecule has 106 valence electrons. The molecular weight excluding hydrogens is 222 g/mol. The van der Waals surface area contributed by atoms with Gasteiger partial charge in [0, 0.05) is 12.6 Å². The van der Waals surface area contributed by atoms with Crippen LogP contribution in [-0.2, 0) is 0 Å². The molecule has 0 aromatic heterocycles. The minimum absolute atomic E-state index is 0.115. The number of nitrogens with one attached hydrogen (secondary N) is 1. The summed E-state index contributed by atoms with van der Waals surface area (Å²) in [6.07, 6.45) is 0.529. The van der Waals surface area contributed by atoms with Gasteiger partial charge in [0.1, 0.15) is 0 Å². The first kappa shape index (κ1) is 19.1. The SMILES string of the molecule is CC.CC.CNC1CCN(C(C)C)CC1(F)F. The highest BCUT2D eigenvalue weighted by Crippen LogP contribution is 2.27. The molecule has 17 heavy (non-hydrogen) atoms. The second kappa shape index (κ2) is 9.77. The molecule has 1 atom stereocenters. The third-order valence-corrected chi connectivity index (χ3v) is 2.71. The van der Waals surface area contributed by atoms with Gasteiger partial charge < -0.3 is 5.32 Å². The van der Waals surface area contributed by atoms with Gasteiger partial charge in [-0.1, -0.05) is 27.7 Å². The van der Waals surface area contributed by atoms with Crippen molar-refractivity contribution in [3.05, 3.63) is 0 Å². The van der Waals surface area contributed by atoms with Crippen molar-refractivity contribution in [3.8, 4) is 0 Å². The first-order valence-corrected chi connectivity index (χ1v) is 6.76. The maximum absolute atomic E-state index is 13.4. The van der Waals surface area contributed by atoms with E-state index in [-0.39, 0.29) is 12.6 Å². The smallest absolute Gasteiger partial charge is 0.275 e. The largest absolute Gasteiger partial charge is 0.312 e. The Bertz CT molecular complexity index is 173. The number of hydrogen-bond donors (Lipinski definition) is 1. The van der Waals surface area contributed by atoms with Crippen molar-refractivity contribution < 1.29 is 8.78 Å². The van der Waals surface area contributed by atoms with E-state index in [1.54, 1.807) is 7.05 Å². The molecule has 1 heterocycles. The van der Waals surface area contributed by atoms with Crippen LogP contribution in [0.5, 0.6) is 0 Å². The van der Waals surface area contributed by atoms with Crippen LogP contribution in [0.1, 0.15) is 48.0 Å². The fourth-order valence-corrected chi connectivity index (χ4v) is 1.76. The number of alkyl halides is 2. The molecule has 0 spiro atoms. The van der Waals surface area contributed by atoms with Crippen LogP contribution in [0.4, 0.5) is 8.78 Å². The highest BCUT2D eigenvalue weighted by molar-refractivity contribution is 4.91. The Morgan fingerprint density at radius 3 is 1.94 bits per heavy atom. The van der Waals surface area contributed by atoms with E-state index in [0.717, 1.165) is 6.54 Å². The molecule has 1 N–H and O–H groups in total. The fraction of sp³-hybridized carbons (Fsp3) is 1.00. The third kappa shape index (κ3) is 6.32. The average Bonchev–Trinajstić information content (AvgIpc) is 2.33. The maximum Gasteiger partial charge on any atom is 0.275 e. The minimum Gasteiger partial charge on any atom is -0.312 e. The lowest BCUT2D eigenvalue weighted by molar-refractivity contribution is -0.0948. The Morgan fingerprint density at radius 1 is 1.18 bits per heavy atom. The Hall–Kier alpha value is -0.220. The Morgan fingerprint density at radius 2 is 1.65 bits per heavy atom. The third-order valence-electron chi connectivity index (χ3n) is 2.71. The van der Waals surface area contributed by atoms with E-state index in [2.05, 4.69) is 5.32 Å². The molecule has 0 bridgehead atoms. The van der Waals surface area contributed by atoms with E-state index >= 15 is 0 Å². The van der Waals surface area contributed by atoms with Gasteiger partial charge in [0.2, 0.25) is 0 Å². The van der Waals surface area contributed by atoms with Crippen LogP contribution in [0.15, 0.2) is 0 Å². The summed E-state index contributed by atoms with van der Waals surface area (Å²) in [6.45, 7) is 12.6. The lowest BCUT2D eigenvalue weighted by Gasteiger charge is -2.40. The highest BCUT2D eigenvalue weighted by Gasteiger charge is 2.44. The molecule has 2 nitrogen and oxygen atoms in total. The van der Waals surface area contributed by atoms with Crippen molar-refractivity contribution in [3.63, 3.8) is 0 Å². The van der Waals surface area contributed by atoms with Gasteiger partial charge in [-0.15, -0.1) is 0 Å². The highest BCUT2D eigenvalue weighted by atomic mass is 19.3. The van der Waals surface area contributed by atoms with Gasteiger partial charge in [0.15, 0.2) is 0 Å². The Balaban J connectivity index is 0. The summed E-state index contributed by atoms with van der Waals surface area (Å²) in [5, 5.41) is 2.68. The van der Waals surface area contributed by atoms with Crippen molar-refractivity contribution in [2.45, 2.75) is 66.0 Å². The summed E-state index contributed by atoms with van der Waals surface area (Å²) in [6, 6.07) is -0.439. The van der Waals surface area contributed by atoms with Crippen LogP contribution in [0.2, 0.25) is 0 Å². The van der Waals surface area contributed by atoms with Gasteiger partial charge in [-0.3, -0.25) is 4.90 Å². The van der Waals surface area contributed by atoms with Crippen molar-refractivity contribution in [1.29, 1.82) is 0 Å². The molecule has 0 aliphatic carbocycles. The normalized spacial score (nSPS) is 23.3. The predicted octanol–water partition coefficient (Wildman–Crippen LogP) is 3.38. The lowest BCUT2D eigenvalue weighted by Crippen LogP contribution is -2.57. The quantitative estimate of drug-likeness (QED) is 0.810. The van der Waals surface area contributed by atoms with Crippen LogP contribution in [0, 0.1) is 0 Å². The van der Waals surface area contributed by atoms with E-state index in [9.17, 15) is 8.78 Å². The van der Waals surface area contributed by atoms with E-state index in [4.69, 9.17) is 0 Å². The number of likely N-dealkylation sites (tertiary alicyclic amines) is 1. The molecule has 1 aliphatic rings. The van der Waals surface area contributed by atoms with Gasteiger partial charge in [-0.25, -0.2) is 8.78 Å². The van der Waals surface area contributed by atoms with Crippen LogP contribution in [-0.4, -0.2) is 43.0 Å². The molecule has 0 amide bonds. The molecule has 0 saturated carbocycles. The van der Waals surface area contributed by atoms with Crippen molar-refractivity contribution in [2.24, 2.45) is 0 Å². The molecule has 1 fully saturated rings. The van der Waals surface area contributed by atoms with Gasteiger partial charge in [-0.2, -0.15) is 0 Å². The molecule has 1 rings (SSSR count). The molecule has 4 heteroatoms.